The van der Waals surface area contributed by atoms with Gasteiger partial charge in [0.1, 0.15) is 11.4 Å². The number of hydrogen-bond acceptors (Lipinski definition) is 4. The second-order valence-electron chi connectivity index (χ2n) is 5.96. The fourth-order valence-electron chi connectivity index (χ4n) is 1.93. The molecule has 0 amide bonds. The van der Waals surface area contributed by atoms with E-state index in [0.29, 0.717) is 12.8 Å². The van der Waals surface area contributed by atoms with Gasteiger partial charge in [-0.05, 0) is 50.8 Å². The van der Waals surface area contributed by atoms with E-state index in [-0.39, 0.29) is 29.6 Å². The van der Waals surface area contributed by atoms with Crippen LogP contribution < -0.4 is 4.74 Å². The number of hydrogen-bond donors (Lipinski definition) is 1. The molecular formula is C15H23NO4. The van der Waals surface area contributed by atoms with Gasteiger partial charge >= 0.3 is 0 Å². The minimum atomic E-state index is -0.344. The van der Waals surface area contributed by atoms with E-state index < -0.39 is 0 Å². The third-order valence-corrected chi connectivity index (χ3v) is 2.85. The number of rotatable bonds is 7. The normalized spacial score (nSPS) is 13.0. The van der Waals surface area contributed by atoms with E-state index in [0.717, 1.165) is 11.3 Å². The second kappa shape index (κ2) is 7.24. The lowest BCUT2D eigenvalue weighted by Crippen LogP contribution is -2.22. The van der Waals surface area contributed by atoms with Crippen LogP contribution in [0.2, 0.25) is 0 Å². The zero-order chi connectivity index (χ0) is 15.2. The van der Waals surface area contributed by atoms with Gasteiger partial charge in [-0.15, -0.1) is 0 Å². The highest BCUT2D eigenvalue weighted by molar-refractivity contribution is 5.28. The van der Waals surface area contributed by atoms with E-state index in [1.165, 1.54) is 0 Å². The Morgan fingerprint density at radius 1 is 1.30 bits per heavy atom. The molecule has 0 heterocycles. The van der Waals surface area contributed by atoms with Gasteiger partial charge in [0.2, 0.25) is 6.54 Å². The summed E-state index contributed by atoms with van der Waals surface area (Å²) in [4.78, 5) is 10.0. The van der Waals surface area contributed by atoms with Crippen molar-refractivity contribution in [2.45, 2.75) is 39.2 Å². The molecule has 20 heavy (non-hydrogen) atoms. The second-order valence-corrected chi connectivity index (χ2v) is 5.96. The molecular weight excluding hydrogens is 258 g/mol. The predicted molar refractivity (Wildman–Crippen MR) is 77.6 cm³/mol. The first kappa shape index (κ1) is 16.4. The van der Waals surface area contributed by atoms with Crippen molar-refractivity contribution in [1.82, 2.24) is 0 Å². The van der Waals surface area contributed by atoms with Gasteiger partial charge in [-0.2, -0.15) is 0 Å². The fraction of sp³-hybridized carbons (Fsp3) is 0.600. The van der Waals surface area contributed by atoms with Crippen LogP contribution in [-0.2, 0) is 6.42 Å². The quantitative estimate of drug-likeness (QED) is 0.616. The van der Waals surface area contributed by atoms with Gasteiger partial charge in [0.25, 0.3) is 0 Å². The summed E-state index contributed by atoms with van der Waals surface area (Å²) in [6.45, 7) is 5.82. The molecule has 0 aromatic heterocycles. The first-order chi connectivity index (χ1) is 9.30. The smallest absolute Gasteiger partial charge is 0.204 e. The summed E-state index contributed by atoms with van der Waals surface area (Å²) in [6, 6.07) is 7.66. The Morgan fingerprint density at radius 3 is 2.35 bits per heavy atom. The molecule has 112 valence electrons. The highest BCUT2D eigenvalue weighted by Crippen LogP contribution is 2.20. The van der Waals surface area contributed by atoms with Crippen molar-refractivity contribution < 1.29 is 14.8 Å². The summed E-state index contributed by atoms with van der Waals surface area (Å²) in [5.41, 5.74) is 0.814. The molecule has 0 bridgehead atoms. The molecule has 1 N–H and O–H groups in total. The molecule has 0 aliphatic heterocycles. The van der Waals surface area contributed by atoms with Crippen molar-refractivity contribution in [1.29, 1.82) is 0 Å². The average molecular weight is 281 g/mol. The number of benzene rings is 1. The van der Waals surface area contributed by atoms with Gasteiger partial charge in [0, 0.05) is 18.0 Å². The van der Waals surface area contributed by atoms with Crippen LogP contribution >= 0.6 is 0 Å². The highest BCUT2D eigenvalue weighted by Gasteiger charge is 2.14. The molecule has 1 aromatic rings. The van der Waals surface area contributed by atoms with Crippen LogP contribution in [0, 0.1) is 16.0 Å². The average Bonchev–Trinajstić information content (AvgIpc) is 2.34. The molecule has 5 heteroatoms. The highest BCUT2D eigenvalue weighted by atomic mass is 16.6. The third kappa shape index (κ3) is 6.52. The van der Waals surface area contributed by atoms with Gasteiger partial charge in [-0.3, -0.25) is 10.1 Å². The van der Waals surface area contributed by atoms with Gasteiger partial charge in [-0.25, -0.2) is 0 Å². The zero-order valence-corrected chi connectivity index (χ0v) is 12.3. The molecule has 5 nitrogen and oxygen atoms in total. The van der Waals surface area contributed by atoms with Crippen molar-refractivity contribution in [2.75, 3.05) is 13.2 Å². The number of nitrogens with zero attached hydrogens (tertiary/aromatic N) is 1. The summed E-state index contributed by atoms with van der Waals surface area (Å²) in [7, 11) is 0. The molecule has 0 radical (unpaired) electrons. The molecule has 1 rings (SSSR count). The van der Waals surface area contributed by atoms with E-state index >= 15 is 0 Å². The number of ether oxygens (including phenoxy) is 1. The third-order valence-electron chi connectivity index (χ3n) is 2.85. The van der Waals surface area contributed by atoms with Gasteiger partial charge in [0.05, 0.1) is 0 Å². The zero-order valence-electron chi connectivity index (χ0n) is 12.3. The lowest BCUT2D eigenvalue weighted by molar-refractivity contribution is -0.481. The topological polar surface area (TPSA) is 72.6 Å². The Labute approximate surface area is 119 Å². The number of aliphatic hydroxyl groups excluding tert-OH is 1. The largest absolute Gasteiger partial charge is 0.488 e. The van der Waals surface area contributed by atoms with Gasteiger partial charge in [-0.1, -0.05) is 12.1 Å². The standard InChI is InChI=1S/C15H23NO4/c1-15(2,3)20-14-6-4-12(5-7-14)10-13(11-17)8-9-16(18)19/h4-7,13,17H,8-11H2,1-3H3/t13-/m0/s1. The van der Waals surface area contributed by atoms with Crippen LogP contribution in [0.5, 0.6) is 5.75 Å². The van der Waals surface area contributed by atoms with Crippen LogP contribution in [0.1, 0.15) is 32.8 Å². The predicted octanol–water partition coefficient (Wildman–Crippen LogP) is 2.68. The minimum absolute atomic E-state index is 0.0336. The van der Waals surface area contributed by atoms with Crippen molar-refractivity contribution >= 4 is 0 Å². The summed E-state index contributed by atoms with van der Waals surface area (Å²) in [6.07, 6.45) is 1.03. The number of aliphatic hydroxyl groups is 1. The minimum Gasteiger partial charge on any atom is -0.488 e. The van der Waals surface area contributed by atoms with E-state index in [1.54, 1.807) is 0 Å². The maximum absolute atomic E-state index is 10.4. The SMILES string of the molecule is CC(C)(C)Oc1ccc(C[C@@H](CO)CC[N+](=O)[O-])cc1. The van der Waals surface area contributed by atoms with E-state index in [1.807, 2.05) is 45.0 Å². The maximum Gasteiger partial charge on any atom is 0.204 e. The van der Waals surface area contributed by atoms with E-state index in [2.05, 4.69) is 0 Å². The van der Waals surface area contributed by atoms with Crippen molar-refractivity contribution in [3.05, 3.63) is 39.9 Å². The molecule has 0 unspecified atom stereocenters. The Balaban J connectivity index is 2.57. The summed E-state index contributed by atoms with van der Waals surface area (Å²) in [5, 5.41) is 19.6. The molecule has 0 aliphatic carbocycles. The Morgan fingerprint density at radius 2 is 1.90 bits per heavy atom. The monoisotopic (exact) mass is 281 g/mol. The van der Waals surface area contributed by atoms with Crippen molar-refractivity contribution in [2.24, 2.45) is 5.92 Å². The molecule has 0 saturated carbocycles. The van der Waals surface area contributed by atoms with Gasteiger partial charge in [0.15, 0.2) is 0 Å². The Hall–Kier alpha value is -1.62. The molecule has 0 spiro atoms. The van der Waals surface area contributed by atoms with Crippen LogP contribution in [0.4, 0.5) is 0 Å². The molecule has 1 atom stereocenters. The fourth-order valence-corrected chi connectivity index (χ4v) is 1.93. The number of nitro groups is 1. The van der Waals surface area contributed by atoms with Crippen molar-refractivity contribution in [3.8, 4) is 5.75 Å². The van der Waals surface area contributed by atoms with Crippen LogP contribution in [0.25, 0.3) is 0 Å². The Bertz CT molecular complexity index is 422. The summed E-state index contributed by atoms with van der Waals surface area (Å²) in [5.74, 6) is 0.724. The molecule has 0 saturated heterocycles. The Kier molecular flexibility index (Phi) is 5.95. The lowest BCUT2D eigenvalue weighted by Gasteiger charge is -2.21. The van der Waals surface area contributed by atoms with Crippen LogP contribution in [0.3, 0.4) is 0 Å². The van der Waals surface area contributed by atoms with Crippen molar-refractivity contribution in [3.63, 3.8) is 0 Å². The maximum atomic E-state index is 10.4. The molecule has 0 fully saturated rings. The molecule has 0 aliphatic rings. The van der Waals surface area contributed by atoms with E-state index in [4.69, 9.17) is 4.74 Å². The summed E-state index contributed by atoms with van der Waals surface area (Å²) < 4.78 is 5.73. The van der Waals surface area contributed by atoms with Gasteiger partial charge < -0.3 is 9.84 Å². The summed E-state index contributed by atoms with van der Waals surface area (Å²) >= 11 is 0. The first-order valence-electron chi connectivity index (χ1n) is 6.81. The van der Waals surface area contributed by atoms with E-state index in [9.17, 15) is 15.2 Å². The van der Waals surface area contributed by atoms with Crippen LogP contribution in [-0.4, -0.2) is 28.8 Å². The lowest BCUT2D eigenvalue weighted by atomic mass is 9.97. The van der Waals surface area contributed by atoms with Crippen LogP contribution in [0.15, 0.2) is 24.3 Å². The first-order valence-corrected chi connectivity index (χ1v) is 6.81. The molecule has 1 aromatic carbocycles.